The van der Waals surface area contributed by atoms with Gasteiger partial charge in [0, 0.05) is 18.6 Å². The molecule has 0 fully saturated rings. The van der Waals surface area contributed by atoms with Gasteiger partial charge in [-0.25, -0.2) is 4.98 Å². The molecule has 0 aromatic carbocycles. The molecule has 0 aliphatic rings. The van der Waals surface area contributed by atoms with Gasteiger partial charge >= 0.3 is 0 Å². The fraction of sp³-hybridized carbons (Fsp3) is 0.692. The van der Waals surface area contributed by atoms with Gasteiger partial charge < -0.3 is 20.5 Å². The third-order valence-electron chi connectivity index (χ3n) is 2.29. The van der Waals surface area contributed by atoms with Crippen molar-refractivity contribution in [3.63, 3.8) is 0 Å². The van der Waals surface area contributed by atoms with Gasteiger partial charge in [-0.15, -0.1) is 0 Å². The quantitative estimate of drug-likeness (QED) is 0.668. The number of nitrogens with one attached hydrogen (secondary N) is 2. The van der Waals surface area contributed by atoms with Crippen molar-refractivity contribution in [3.8, 4) is 5.19 Å². The van der Waals surface area contributed by atoms with E-state index in [0.29, 0.717) is 22.7 Å². The molecule has 20 heavy (non-hydrogen) atoms. The van der Waals surface area contributed by atoms with Crippen LogP contribution >= 0.6 is 11.3 Å². The highest BCUT2D eigenvalue weighted by Crippen LogP contribution is 2.20. The lowest BCUT2D eigenvalue weighted by molar-refractivity contribution is 0.0947. The molecule has 6 nitrogen and oxygen atoms in total. The molecule has 1 aromatic heterocycles. The fourth-order valence-electron chi connectivity index (χ4n) is 1.36. The maximum atomic E-state index is 11.7. The van der Waals surface area contributed by atoms with Gasteiger partial charge in [0.15, 0.2) is 0 Å². The molecule has 0 spiro atoms. The van der Waals surface area contributed by atoms with Crippen molar-refractivity contribution in [1.29, 1.82) is 0 Å². The molecule has 3 N–H and O–H groups in total. The van der Waals surface area contributed by atoms with E-state index in [4.69, 9.17) is 4.74 Å². The van der Waals surface area contributed by atoms with E-state index in [0.717, 1.165) is 0 Å². The number of carbonyl (C=O) groups is 1. The summed E-state index contributed by atoms with van der Waals surface area (Å²) < 4.78 is 5.37. The van der Waals surface area contributed by atoms with E-state index >= 15 is 0 Å². The van der Waals surface area contributed by atoms with Gasteiger partial charge in [0.25, 0.3) is 11.1 Å². The summed E-state index contributed by atoms with van der Waals surface area (Å²) in [5.74, 6) is -0.158. The van der Waals surface area contributed by atoms with Crippen LogP contribution in [0.25, 0.3) is 0 Å². The minimum absolute atomic E-state index is 0.0814. The Hall–Kier alpha value is -1.18. The maximum Gasteiger partial charge on any atom is 0.273 e. The Labute approximate surface area is 123 Å². The van der Waals surface area contributed by atoms with Crippen LogP contribution in [0.15, 0.2) is 6.20 Å². The predicted molar refractivity (Wildman–Crippen MR) is 79.4 cm³/mol. The SMILES string of the molecule is CC(C)NCC(O)COc1ncc(C(=O)NC(C)C)s1. The molecule has 0 bridgehead atoms. The van der Waals surface area contributed by atoms with Gasteiger partial charge in [0.05, 0.1) is 6.20 Å². The summed E-state index contributed by atoms with van der Waals surface area (Å²) in [7, 11) is 0. The molecule has 0 aliphatic heterocycles. The molecule has 1 atom stereocenters. The van der Waals surface area contributed by atoms with Gasteiger partial charge in [0.1, 0.15) is 17.6 Å². The number of amides is 1. The zero-order valence-electron chi connectivity index (χ0n) is 12.3. The second kappa shape index (κ2) is 8.18. The van der Waals surface area contributed by atoms with E-state index < -0.39 is 6.10 Å². The number of carbonyl (C=O) groups excluding carboxylic acids is 1. The molecule has 0 saturated carbocycles. The Morgan fingerprint density at radius 3 is 2.70 bits per heavy atom. The van der Waals surface area contributed by atoms with E-state index in [-0.39, 0.29) is 18.6 Å². The number of rotatable bonds is 8. The van der Waals surface area contributed by atoms with E-state index in [1.807, 2.05) is 27.7 Å². The highest BCUT2D eigenvalue weighted by molar-refractivity contribution is 7.15. The lowest BCUT2D eigenvalue weighted by Crippen LogP contribution is -2.35. The van der Waals surface area contributed by atoms with E-state index in [2.05, 4.69) is 15.6 Å². The topological polar surface area (TPSA) is 83.5 Å². The highest BCUT2D eigenvalue weighted by atomic mass is 32.1. The molecule has 0 saturated heterocycles. The number of ether oxygens (including phenoxy) is 1. The lowest BCUT2D eigenvalue weighted by Gasteiger charge is -2.13. The summed E-state index contributed by atoms with van der Waals surface area (Å²) >= 11 is 1.17. The Balaban J connectivity index is 2.38. The normalized spacial score (nSPS) is 12.8. The zero-order chi connectivity index (χ0) is 15.1. The number of nitrogens with zero attached hydrogens (tertiary/aromatic N) is 1. The smallest absolute Gasteiger partial charge is 0.273 e. The van der Waals surface area contributed by atoms with E-state index in [1.165, 1.54) is 17.5 Å². The number of aliphatic hydroxyl groups is 1. The van der Waals surface area contributed by atoms with Crippen molar-refractivity contribution in [2.24, 2.45) is 0 Å². The molecule has 114 valence electrons. The van der Waals surface area contributed by atoms with Crippen molar-refractivity contribution < 1.29 is 14.6 Å². The minimum atomic E-state index is -0.603. The number of thiazole rings is 1. The van der Waals surface area contributed by atoms with Crippen LogP contribution in [0.1, 0.15) is 37.4 Å². The second-order valence-corrected chi connectivity index (χ2v) is 6.14. The van der Waals surface area contributed by atoms with Crippen LogP contribution in [0.2, 0.25) is 0 Å². The van der Waals surface area contributed by atoms with Crippen LogP contribution in [0.5, 0.6) is 5.19 Å². The number of hydrogen-bond acceptors (Lipinski definition) is 6. The molecule has 1 heterocycles. The second-order valence-electron chi connectivity index (χ2n) is 5.15. The number of aromatic nitrogens is 1. The predicted octanol–water partition coefficient (Wildman–Crippen LogP) is 1.02. The summed E-state index contributed by atoms with van der Waals surface area (Å²) in [6.45, 7) is 8.42. The van der Waals surface area contributed by atoms with Crippen LogP contribution in [0.4, 0.5) is 0 Å². The Kier molecular flexibility index (Phi) is 6.90. The van der Waals surface area contributed by atoms with Crippen LogP contribution in [0, 0.1) is 0 Å². The Morgan fingerprint density at radius 2 is 2.10 bits per heavy atom. The summed E-state index contributed by atoms with van der Waals surface area (Å²) in [6.07, 6.45) is 0.880. The third kappa shape index (κ3) is 6.31. The van der Waals surface area contributed by atoms with Gasteiger partial charge in [0.2, 0.25) is 0 Å². The third-order valence-corrected chi connectivity index (χ3v) is 3.20. The molecular formula is C13H23N3O3S. The average molecular weight is 301 g/mol. The summed E-state index contributed by atoms with van der Waals surface area (Å²) in [6, 6.07) is 0.397. The highest BCUT2D eigenvalue weighted by Gasteiger charge is 2.13. The van der Waals surface area contributed by atoms with E-state index in [1.54, 1.807) is 0 Å². The molecule has 1 unspecified atom stereocenters. The summed E-state index contributed by atoms with van der Waals surface area (Å²) in [5, 5.41) is 16.0. The van der Waals surface area contributed by atoms with Gasteiger partial charge in [-0.3, -0.25) is 4.79 Å². The number of aliphatic hydroxyl groups excluding tert-OH is 1. The van der Waals surface area contributed by atoms with Crippen molar-refractivity contribution in [3.05, 3.63) is 11.1 Å². The van der Waals surface area contributed by atoms with E-state index in [9.17, 15) is 9.90 Å². The van der Waals surface area contributed by atoms with Crippen molar-refractivity contribution in [2.45, 2.75) is 45.9 Å². The van der Waals surface area contributed by atoms with Crippen molar-refractivity contribution >= 4 is 17.2 Å². The van der Waals surface area contributed by atoms with Crippen molar-refractivity contribution in [2.75, 3.05) is 13.2 Å². The van der Waals surface area contributed by atoms with Crippen LogP contribution < -0.4 is 15.4 Å². The van der Waals surface area contributed by atoms with Gasteiger partial charge in [-0.05, 0) is 13.8 Å². The fourth-order valence-corrected chi connectivity index (χ4v) is 2.04. The molecule has 1 aromatic rings. The first kappa shape index (κ1) is 16.9. The minimum Gasteiger partial charge on any atom is -0.467 e. The molecule has 0 aliphatic carbocycles. The van der Waals surface area contributed by atoms with Gasteiger partial charge in [-0.2, -0.15) is 0 Å². The summed E-state index contributed by atoms with van der Waals surface area (Å²) in [4.78, 5) is 16.2. The largest absolute Gasteiger partial charge is 0.467 e. The molecule has 1 amide bonds. The zero-order valence-corrected chi connectivity index (χ0v) is 13.2. The first-order valence-corrected chi connectivity index (χ1v) is 7.51. The maximum absolute atomic E-state index is 11.7. The number of hydrogen-bond donors (Lipinski definition) is 3. The molecule has 1 rings (SSSR count). The Morgan fingerprint density at radius 1 is 1.40 bits per heavy atom. The standard InChI is InChI=1S/C13H23N3O3S/c1-8(2)14-5-10(17)7-19-13-15-6-11(20-13)12(18)16-9(3)4/h6,8-10,14,17H,5,7H2,1-4H3,(H,16,18). The van der Waals surface area contributed by atoms with Crippen LogP contribution in [-0.4, -0.2) is 47.3 Å². The monoisotopic (exact) mass is 301 g/mol. The summed E-state index contributed by atoms with van der Waals surface area (Å²) in [5.41, 5.74) is 0. The van der Waals surface area contributed by atoms with Crippen LogP contribution in [0.3, 0.4) is 0 Å². The van der Waals surface area contributed by atoms with Gasteiger partial charge in [-0.1, -0.05) is 25.2 Å². The Bertz CT molecular complexity index is 421. The first-order valence-electron chi connectivity index (χ1n) is 6.69. The molecule has 7 heteroatoms. The first-order chi connectivity index (χ1) is 9.38. The lowest BCUT2D eigenvalue weighted by atomic mass is 10.3. The average Bonchev–Trinajstić information content (AvgIpc) is 2.81. The molecule has 0 radical (unpaired) electrons. The van der Waals surface area contributed by atoms with Crippen molar-refractivity contribution in [1.82, 2.24) is 15.6 Å². The van der Waals surface area contributed by atoms with Crippen LogP contribution in [-0.2, 0) is 0 Å². The molecular weight excluding hydrogens is 278 g/mol.